The molecule has 3 atom stereocenters. The third-order valence-electron chi connectivity index (χ3n) is 4.01. The summed E-state index contributed by atoms with van der Waals surface area (Å²) in [6.45, 7) is 3.73. The summed E-state index contributed by atoms with van der Waals surface area (Å²) in [4.78, 5) is 0. The number of aliphatic hydroxyl groups excluding tert-OH is 1. The lowest BCUT2D eigenvalue weighted by Gasteiger charge is -2.17. The van der Waals surface area contributed by atoms with Crippen molar-refractivity contribution in [2.24, 2.45) is 0 Å². The number of ether oxygens (including phenoxy) is 1. The summed E-state index contributed by atoms with van der Waals surface area (Å²) < 4.78 is 5.26. The zero-order chi connectivity index (χ0) is 19.1. The van der Waals surface area contributed by atoms with E-state index in [1.807, 2.05) is 18.2 Å². The highest BCUT2D eigenvalue weighted by atomic mass is 16.6. The van der Waals surface area contributed by atoms with Crippen LogP contribution in [0.15, 0.2) is 72.9 Å². The van der Waals surface area contributed by atoms with Crippen LogP contribution in [0.25, 0.3) is 0 Å². The summed E-state index contributed by atoms with van der Waals surface area (Å²) in [5.74, 6) is 0. The van der Waals surface area contributed by atoms with Crippen molar-refractivity contribution in [3.8, 4) is 0 Å². The number of hydrogen-bond acceptors (Lipinski definition) is 3. The average Bonchev–Trinajstić information content (AvgIpc) is 2.86. The first-order chi connectivity index (χ1) is 12.6. The normalized spacial score (nSPS) is 27.7. The second-order valence-corrected chi connectivity index (χ2v) is 6.64. The monoisotopic (exact) mass is 358 g/mol. The molecule has 3 unspecified atom stereocenters. The molecule has 1 fully saturated rings. The van der Waals surface area contributed by atoms with Gasteiger partial charge in [0, 0.05) is 6.42 Å². The van der Waals surface area contributed by atoms with E-state index in [9.17, 15) is 10.2 Å². The van der Waals surface area contributed by atoms with E-state index in [2.05, 4.69) is 61.6 Å². The van der Waals surface area contributed by atoms with Crippen molar-refractivity contribution >= 4 is 0 Å². The molecule has 144 valence electrons. The Balaban J connectivity index is 2.07. The third kappa shape index (κ3) is 10.3. The standard InChI is InChI=1S/C23H34O3/c1-3-4-5-6-7-8-9-10-11-12-13-14-15-16-17-18-19-21-20-23(2,25)22(24)26-21/h4-5,7-8,10-11,13-14,16-19,21-22,24-25H,3,6,9,12,15,20H2,1-2H3/b5-4-,8-7-,11-10-,14-13-,17-16-,19-18+. The molecule has 0 bridgehead atoms. The summed E-state index contributed by atoms with van der Waals surface area (Å²) in [7, 11) is 0. The molecule has 0 aliphatic carbocycles. The predicted molar refractivity (Wildman–Crippen MR) is 110 cm³/mol. The van der Waals surface area contributed by atoms with E-state index < -0.39 is 11.9 Å². The van der Waals surface area contributed by atoms with Gasteiger partial charge >= 0.3 is 0 Å². The van der Waals surface area contributed by atoms with Gasteiger partial charge < -0.3 is 14.9 Å². The fourth-order valence-electron chi connectivity index (χ4n) is 2.48. The Morgan fingerprint density at radius 3 is 1.81 bits per heavy atom. The molecule has 0 radical (unpaired) electrons. The van der Waals surface area contributed by atoms with Gasteiger partial charge in [-0.3, -0.25) is 0 Å². The number of allylic oxidation sites excluding steroid dienone is 11. The van der Waals surface area contributed by atoms with Crippen molar-refractivity contribution in [3.05, 3.63) is 72.9 Å². The second-order valence-electron chi connectivity index (χ2n) is 6.64. The van der Waals surface area contributed by atoms with E-state index in [0.29, 0.717) is 6.42 Å². The highest BCUT2D eigenvalue weighted by Gasteiger charge is 2.41. The number of hydrogen-bond donors (Lipinski definition) is 2. The highest BCUT2D eigenvalue weighted by molar-refractivity contribution is 5.09. The van der Waals surface area contributed by atoms with Gasteiger partial charge in [0.2, 0.25) is 0 Å². The summed E-state index contributed by atoms with van der Waals surface area (Å²) in [5.41, 5.74) is -1.16. The zero-order valence-corrected chi connectivity index (χ0v) is 16.1. The Hall–Kier alpha value is -1.68. The van der Waals surface area contributed by atoms with Crippen molar-refractivity contribution in [2.45, 2.75) is 70.4 Å². The quantitative estimate of drug-likeness (QED) is 0.396. The van der Waals surface area contributed by atoms with Crippen molar-refractivity contribution in [2.75, 3.05) is 0 Å². The van der Waals surface area contributed by atoms with E-state index in [0.717, 1.165) is 32.1 Å². The molecule has 26 heavy (non-hydrogen) atoms. The van der Waals surface area contributed by atoms with Gasteiger partial charge in [-0.05, 0) is 39.0 Å². The molecule has 1 saturated heterocycles. The van der Waals surface area contributed by atoms with Gasteiger partial charge in [0.15, 0.2) is 6.29 Å². The molecule has 1 aliphatic rings. The Labute approximate surface area is 158 Å². The topological polar surface area (TPSA) is 49.7 Å². The minimum absolute atomic E-state index is 0.234. The van der Waals surface area contributed by atoms with Crippen LogP contribution in [0.5, 0.6) is 0 Å². The molecule has 3 heteroatoms. The van der Waals surface area contributed by atoms with E-state index in [1.54, 1.807) is 6.92 Å². The lowest BCUT2D eigenvalue weighted by Crippen LogP contribution is -2.33. The van der Waals surface area contributed by atoms with E-state index >= 15 is 0 Å². The van der Waals surface area contributed by atoms with Gasteiger partial charge in [0.25, 0.3) is 0 Å². The molecule has 0 aromatic rings. The van der Waals surface area contributed by atoms with Crippen LogP contribution in [0.1, 0.15) is 52.4 Å². The van der Waals surface area contributed by atoms with Gasteiger partial charge in [0.1, 0.15) is 5.60 Å². The minimum Gasteiger partial charge on any atom is -0.385 e. The first-order valence-electron chi connectivity index (χ1n) is 9.55. The second kappa shape index (κ2) is 13.5. The fourth-order valence-corrected chi connectivity index (χ4v) is 2.48. The SMILES string of the molecule is CC/C=C\C/C=C\C/C=C\C/C=C\C/C=C\C=C\C1CC(C)(O)C(O)O1. The third-order valence-corrected chi connectivity index (χ3v) is 4.01. The summed E-state index contributed by atoms with van der Waals surface area (Å²) in [5, 5.41) is 19.3. The molecule has 1 aliphatic heterocycles. The molecule has 0 saturated carbocycles. The van der Waals surface area contributed by atoms with Crippen LogP contribution in [0, 0.1) is 0 Å². The van der Waals surface area contributed by atoms with Crippen molar-refractivity contribution in [1.29, 1.82) is 0 Å². The first kappa shape index (κ1) is 22.4. The maximum absolute atomic E-state index is 9.82. The van der Waals surface area contributed by atoms with Gasteiger partial charge in [-0.25, -0.2) is 0 Å². The minimum atomic E-state index is -1.16. The molecule has 1 heterocycles. The molecular weight excluding hydrogens is 324 g/mol. The molecule has 0 amide bonds. The maximum atomic E-state index is 9.82. The maximum Gasteiger partial charge on any atom is 0.184 e. The first-order valence-corrected chi connectivity index (χ1v) is 9.55. The number of rotatable bonds is 11. The summed E-state index contributed by atoms with van der Waals surface area (Å²) in [6, 6.07) is 0. The van der Waals surface area contributed by atoms with Crippen LogP contribution in [0.2, 0.25) is 0 Å². The van der Waals surface area contributed by atoms with Crippen LogP contribution in [0.3, 0.4) is 0 Å². The average molecular weight is 359 g/mol. The van der Waals surface area contributed by atoms with E-state index in [-0.39, 0.29) is 6.10 Å². The van der Waals surface area contributed by atoms with Crippen LogP contribution < -0.4 is 0 Å². The molecule has 0 aromatic heterocycles. The van der Waals surface area contributed by atoms with Crippen molar-refractivity contribution in [1.82, 2.24) is 0 Å². The summed E-state index contributed by atoms with van der Waals surface area (Å²) in [6.07, 6.45) is 29.2. The lowest BCUT2D eigenvalue weighted by molar-refractivity contribution is -0.157. The molecule has 0 spiro atoms. The van der Waals surface area contributed by atoms with Gasteiger partial charge in [-0.15, -0.1) is 0 Å². The molecular formula is C23H34O3. The largest absolute Gasteiger partial charge is 0.385 e. The van der Waals surface area contributed by atoms with E-state index in [1.165, 1.54) is 0 Å². The van der Waals surface area contributed by atoms with Gasteiger partial charge in [-0.1, -0.05) is 79.8 Å². The molecule has 2 N–H and O–H groups in total. The van der Waals surface area contributed by atoms with Gasteiger partial charge in [0.05, 0.1) is 6.10 Å². The fraction of sp³-hybridized carbons (Fsp3) is 0.478. The molecule has 1 rings (SSSR count). The van der Waals surface area contributed by atoms with Crippen LogP contribution in [-0.2, 0) is 4.74 Å². The van der Waals surface area contributed by atoms with Gasteiger partial charge in [-0.2, -0.15) is 0 Å². The van der Waals surface area contributed by atoms with Crippen molar-refractivity contribution < 1.29 is 14.9 Å². The van der Waals surface area contributed by atoms with Crippen LogP contribution >= 0.6 is 0 Å². The smallest absolute Gasteiger partial charge is 0.184 e. The lowest BCUT2D eigenvalue weighted by atomic mass is 10.0. The van der Waals surface area contributed by atoms with E-state index in [4.69, 9.17) is 4.74 Å². The Morgan fingerprint density at radius 2 is 1.35 bits per heavy atom. The predicted octanol–water partition coefficient (Wildman–Crippen LogP) is 5.15. The Morgan fingerprint density at radius 1 is 0.846 bits per heavy atom. The Bertz CT molecular complexity index is 536. The van der Waals surface area contributed by atoms with Crippen molar-refractivity contribution in [3.63, 3.8) is 0 Å². The molecule has 0 aromatic carbocycles. The van der Waals surface area contributed by atoms with Crippen LogP contribution in [0.4, 0.5) is 0 Å². The van der Waals surface area contributed by atoms with Crippen LogP contribution in [-0.4, -0.2) is 28.2 Å². The highest BCUT2D eigenvalue weighted by Crippen LogP contribution is 2.29. The summed E-state index contributed by atoms with van der Waals surface area (Å²) >= 11 is 0. The zero-order valence-electron chi connectivity index (χ0n) is 16.1. The number of aliphatic hydroxyl groups is 2. The Kier molecular flexibility index (Phi) is 11.6. The molecule has 3 nitrogen and oxygen atoms in total.